The van der Waals surface area contributed by atoms with Crippen molar-refractivity contribution >= 4 is 23.3 Å². The SMILES string of the molecule is COC(CNC(=O)NCc1cnc(C)s1)CC(=O)O. The van der Waals surface area contributed by atoms with Gasteiger partial charge in [-0.1, -0.05) is 0 Å². The fraction of sp³-hybridized carbons (Fsp3) is 0.545. The fourth-order valence-electron chi connectivity index (χ4n) is 1.36. The van der Waals surface area contributed by atoms with E-state index in [1.54, 1.807) is 6.20 Å². The average molecular weight is 287 g/mol. The van der Waals surface area contributed by atoms with Gasteiger partial charge in [0.05, 0.1) is 24.1 Å². The van der Waals surface area contributed by atoms with Gasteiger partial charge in [0.25, 0.3) is 0 Å². The van der Waals surface area contributed by atoms with Crippen LogP contribution in [0, 0.1) is 6.92 Å². The maximum Gasteiger partial charge on any atom is 0.315 e. The summed E-state index contributed by atoms with van der Waals surface area (Å²) in [6, 6.07) is -0.363. The van der Waals surface area contributed by atoms with Crippen molar-refractivity contribution in [2.24, 2.45) is 0 Å². The summed E-state index contributed by atoms with van der Waals surface area (Å²) in [6.07, 6.45) is 1.03. The Morgan fingerprint density at radius 3 is 2.79 bits per heavy atom. The molecule has 1 aromatic rings. The van der Waals surface area contributed by atoms with Crippen molar-refractivity contribution < 1.29 is 19.4 Å². The van der Waals surface area contributed by atoms with Gasteiger partial charge in [-0.2, -0.15) is 0 Å². The minimum absolute atomic E-state index is 0.148. The molecule has 0 aliphatic rings. The molecule has 1 atom stereocenters. The second kappa shape index (κ2) is 7.70. The van der Waals surface area contributed by atoms with Gasteiger partial charge in [0, 0.05) is 24.7 Å². The summed E-state index contributed by atoms with van der Waals surface area (Å²) < 4.78 is 4.95. The topological polar surface area (TPSA) is 101 Å². The van der Waals surface area contributed by atoms with Gasteiger partial charge >= 0.3 is 12.0 Å². The van der Waals surface area contributed by atoms with Crippen LogP contribution in [-0.2, 0) is 16.1 Å². The van der Waals surface area contributed by atoms with Crippen molar-refractivity contribution in [2.45, 2.75) is 26.0 Å². The highest BCUT2D eigenvalue weighted by molar-refractivity contribution is 7.11. The number of hydrogen-bond acceptors (Lipinski definition) is 5. The molecule has 0 aliphatic heterocycles. The lowest BCUT2D eigenvalue weighted by molar-refractivity contribution is -0.139. The number of nitrogens with zero attached hydrogens (tertiary/aromatic N) is 1. The number of urea groups is 1. The van der Waals surface area contributed by atoms with Gasteiger partial charge in [-0.25, -0.2) is 9.78 Å². The molecule has 0 aliphatic carbocycles. The third-order valence-electron chi connectivity index (χ3n) is 2.32. The van der Waals surface area contributed by atoms with Crippen LogP contribution in [0.5, 0.6) is 0 Å². The Labute approximate surface area is 115 Å². The number of carbonyl (C=O) groups excluding carboxylic acids is 1. The molecular formula is C11H17N3O4S. The number of aliphatic carboxylic acids is 1. The van der Waals surface area contributed by atoms with Crippen LogP contribution in [0.4, 0.5) is 4.79 Å². The monoisotopic (exact) mass is 287 g/mol. The molecule has 1 unspecified atom stereocenters. The Balaban J connectivity index is 2.25. The fourth-order valence-corrected chi connectivity index (χ4v) is 2.09. The molecule has 19 heavy (non-hydrogen) atoms. The largest absolute Gasteiger partial charge is 0.481 e. The predicted octanol–water partition coefficient (Wildman–Crippen LogP) is 0.740. The first-order valence-corrected chi connectivity index (χ1v) is 6.50. The molecule has 0 fully saturated rings. The molecule has 106 valence electrons. The number of amides is 2. The summed E-state index contributed by atoms with van der Waals surface area (Å²) >= 11 is 1.51. The first-order chi connectivity index (χ1) is 9.01. The van der Waals surface area contributed by atoms with E-state index in [-0.39, 0.29) is 19.0 Å². The number of ether oxygens (including phenoxy) is 1. The van der Waals surface area contributed by atoms with E-state index in [1.165, 1.54) is 18.4 Å². The van der Waals surface area contributed by atoms with Gasteiger partial charge in [0.1, 0.15) is 0 Å². The van der Waals surface area contributed by atoms with E-state index in [2.05, 4.69) is 15.6 Å². The second-order valence-corrected chi connectivity index (χ2v) is 5.18. The van der Waals surface area contributed by atoms with Crippen LogP contribution in [0.3, 0.4) is 0 Å². The lowest BCUT2D eigenvalue weighted by atomic mass is 10.2. The van der Waals surface area contributed by atoms with Gasteiger partial charge in [0.15, 0.2) is 0 Å². The number of methoxy groups -OCH3 is 1. The zero-order valence-electron chi connectivity index (χ0n) is 10.8. The Morgan fingerprint density at radius 1 is 1.53 bits per heavy atom. The molecule has 0 radical (unpaired) electrons. The van der Waals surface area contributed by atoms with Gasteiger partial charge in [-0.3, -0.25) is 4.79 Å². The van der Waals surface area contributed by atoms with Crippen molar-refractivity contribution in [3.8, 4) is 0 Å². The number of aryl methyl sites for hydroxylation is 1. The van der Waals surface area contributed by atoms with E-state index in [0.717, 1.165) is 9.88 Å². The minimum atomic E-state index is -0.964. The number of carboxylic acid groups (broad SMARTS) is 1. The first-order valence-electron chi connectivity index (χ1n) is 5.69. The van der Waals surface area contributed by atoms with Crippen LogP contribution in [0.15, 0.2) is 6.20 Å². The maximum atomic E-state index is 11.5. The molecule has 7 nitrogen and oxygen atoms in total. The van der Waals surface area contributed by atoms with Crippen molar-refractivity contribution in [1.29, 1.82) is 0 Å². The van der Waals surface area contributed by atoms with Crippen LogP contribution in [-0.4, -0.2) is 41.8 Å². The van der Waals surface area contributed by atoms with Gasteiger partial charge in [-0.05, 0) is 6.92 Å². The summed E-state index contributed by atoms with van der Waals surface area (Å²) in [6.45, 7) is 2.44. The van der Waals surface area contributed by atoms with E-state index in [9.17, 15) is 9.59 Å². The molecule has 1 rings (SSSR count). The van der Waals surface area contributed by atoms with Crippen molar-refractivity contribution in [1.82, 2.24) is 15.6 Å². The van der Waals surface area contributed by atoms with E-state index in [1.807, 2.05) is 6.92 Å². The predicted molar refractivity (Wildman–Crippen MR) is 70.1 cm³/mol. The highest BCUT2D eigenvalue weighted by Gasteiger charge is 2.13. The van der Waals surface area contributed by atoms with Crippen LogP contribution in [0.2, 0.25) is 0 Å². The van der Waals surface area contributed by atoms with Crippen LogP contribution in [0.1, 0.15) is 16.3 Å². The zero-order valence-corrected chi connectivity index (χ0v) is 11.6. The van der Waals surface area contributed by atoms with Crippen LogP contribution in [0.25, 0.3) is 0 Å². The minimum Gasteiger partial charge on any atom is -0.481 e. The van der Waals surface area contributed by atoms with E-state index >= 15 is 0 Å². The first kappa shape index (κ1) is 15.4. The molecule has 3 N–H and O–H groups in total. The number of thiazole rings is 1. The Hall–Kier alpha value is -1.67. The second-order valence-electron chi connectivity index (χ2n) is 3.86. The summed E-state index contributed by atoms with van der Waals surface area (Å²) in [4.78, 5) is 27.0. The molecule has 0 aromatic carbocycles. The summed E-state index contributed by atoms with van der Waals surface area (Å²) in [5.41, 5.74) is 0. The number of rotatable bonds is 7. The summed E-state index contributed by atoms with van der Waals surface area (Å²) in [7, 11) is 1.41. The molecule has 0 saturated carbocycles. The van der Waals surface area contributed by atoms with Crippen LogP contribution >= 0.6 is 11.3 Å². The smallest absolute Gasteiger partial charge is 0.315 e. The number of aromatic nitrogens is 1. The third kappa shape index (κ3) is 6.16. The maximum absolute atomic E-state index is 11.5. The highest BCUT2D eigenvalue weighted by Crippen LogP contribution is 2.10. The highest BCUT2D eigenvalue weighted by atomic mass is 32.1. The molecule has 2 amide bonds. The van der Waals surface area contributed by atoms with Gasteiger partial charge in [-0.15, -0.1) is 11.3 Å². The Kier molecular flexibility index (Phi) is 6.23. The van der Waals surface area contributed by atoms with Crippen molar-refractivity contribution in [3.63, 3.8) is 0 Å². The van der Waals surface area contributed by atoms with E-state index in [0.29, 0.717) is 6.54 Å². The van der Waals surface area contributed by atoms with E-state index < -0.39 is 12.1 Å². The van der Waals surface area contributed by atoms with Crippen molar-refractivity contribution in [2.75, 3.05) is 13.7 Å². The zero-order chi connectivity index (χ0) is 14.3. The standard InChI is InChI=1S/C11H17N3O4S/c1-7-12-5-9(19-7)6-14-11(17)13-4-8(18-2)3-10(15)16/h5,8H,3-4,6H2,1-2H3,(H,15,16)(H2,13,14,17). The molecular weight excluding hydrogens is 270 g/mol. The molecule has 0 saturated heterocycles. The number of hydrogen-bond donors (Lipinski definition) is 3. The van der Waals surface area contributed by atoms with Crippen molar-refractivity contribution in [3.05, 3.63) is 16.1 Å². The van der Waals surface area contributed by atoms with Gasteiger partial charge in [0.2, 0.25) is 0 Å². The summed E-state index contributed by atoms with van der Waals surface area (Å²) in [5.74, 6) is -0.964. The summed E-state index contributed by atoms with van der Waals surface area (Å²) in [5, 5.41) is 14.8. The Morgan fingerprint density at radius 2 is 2.26 bits per heavy atom. The van der Waals surface area contributed by atoms with E-state index in [4.69, 9.17) is 9.84 Å². The molecule has 1 aromatic heterocycles. The molecule has 0 bridgehead atoms. The lowest BCUT2D eigenvalue weighted by Crippen LogP contribution is -2.40. The quantitative estimate of drug-likeness (QED) is 0.686. The average Bonchev–Trinajstić information content (AvgIpc) is 2.77. The van der Waals surface area contributed by atoms with Crippen LogP contribution < -0.4 is 10.6 Å². The van der Waals surface area contributed by atoms with Gasteiger partial charge < -0.3 is 20.5 Å². The molecule has 0 spiro atoms. The molecule has 1 heterocycles. The third-order valence-corrected chi connectivity index (χ3v) is 3.23. The molecule has 8 heteroatoms. The number of nitrogens with one attached hydrogen (secondary N) is 2. The Bertz CT molecular complexity index is 435. The lowest BCUT2D eigenvalue weighted by Gasteiger charge is -2.14. The normalized spacial score (nSPS) is 11.9. The number of carboxylic acids is 1. The number of carbonyl (C=O) groups is 2.